The van der Waals surface area contributed by atoms with Gasteiger partial charge in [0.05, 0.1) is 18.8 Å². The highest BCUT2D eigenvalue weighted by Crippen LogP contribution is 2.36. The number of fused-ring (bicyclic) bond motifs is 1. The maximum atomic E-state index is 13.9. The predicted molar refractivity (Wildman–Crippen MR) is 156 cm³/mol. The number of hydrogen-bond acceptors (Lipinski definition) is 6. The number of oxazole rings is 1. The van der Waals surface area contributed by atoms with Crippen LogP contribution in [0, 0.1) is 12.8 Å². The van der Waals surface area contributed by atoms with Crippen LogP contribution >= 0.6 is 0 Å². The number of carboxylic acids is 1. The summed E-state index contributed by atoms with van der Waals surface area (Å²) in [5.41, 5.74) is 1.51. The molecule has 226 valence electrons. The number of aromatic nitrogens is 2. The number of benzene rings is 1. The summed E-state index contributed by atoms with van der Waals surface area (Å²) >= 11 is 0. The van der Waals surface area contributed by atoms with E-state index in [1.165, 1.54) is 6.92 Å². The van der Waals surface area contributed by atoms with Crippen LogP contribution in [0.4, 0.5) is 4.79 Å². The van der Waals surface area contributed by atoms with Crippen molar-refractivity contribution in [3.63, 3.8) is 0 Å². The van der Waals surface area contributed by atoms with Gasteiger partial charge in [0.25, 0.3) is 0 Å². The lowest BCUT2D eigenvalue weighted by Crippen LogP contribution is -2.58. The number of carboxylic acid groups (broad SMARTS) is 1. The Bertz CT molecular complexity index is 1450. The van der Waals surface area contributed by atoms with Crippen molar-refractivity contribution in [2.24, 2.45) is 13.0 Å². The van der Waals surface area contributed by atoms with Crippen molar-refractivity contribution in [3.8, 4) is 0 Å². The Labute approximate surface area is 245 Å². The van der Waals surface area contributed by atoms with Gasteiger partial charge in [0, 0.05) is 37.1 Å². The third-order valence-corrected chi connectivity index (χ3v) is 8.41. The summed E-state index contributed by atoms with van der Waals surface area (Å²) in [6.45, 7) is 7.01. The lowest BCUT2D eigenvalue weighted by Gasteiger charge is -2.40. The first-order chi connectivity index (χ1) is 20.0. The Hall–Kier alpha value is -3.86. The third-order valence-electron chi connectivity index (χ3n) is 8.41. The van der Waals surface area contributed by atoms with E-state index in [4.69, 9.17) is 9.15 Å². The monoisotopic (exact) mass is 579 g/mol. The summed E-state index contributed by atoms with van der Waals surface area (Å²) in [6, 6.07) is 6.10. The Morgan fingerprint density at radius 2 is 1.88 bits per heavy atom. The molecule has 1 unspecified atom stereocenters. The molecule has 3 heterocycles. The van der Waals surface area contributed by atoms with Gasteiger partial charge in [0.15, 0.2) is 5.69 Å². The summed E-state index contributed by atoms with van der Waals surface area (Å²) in [5.74, 6) is -1.18. The smallest absolute Gasteiger partial charge is 0.358 e. The van der Waals surface area contributed by atoms with Crippen molar-refractivity contribution in [1.82, 2.24) is 25.1 Å². The summed E-state index contributed by atoms with van der Waals surface area (Å²) < 4.78 is 13.9. The van der Waals surface area contributed by atoms with Crippen LogP contribution in [0.5, 0.6) is 0 Å². The maximum Gasteiger partial charge on any atom is 0.358 e. The lowest BCUT2D eigenvalue weighted by molar-refractivity contribution is -0.124. The molecule has 2 aliphatic rings. The molecule has 0 radical (unpaired) electrons. The molecule has 1 saturated carbocycles. The second kappa shape index (κ2) is 12.2. The number of para-hydroxylation sites is 1. The molecule has 1 aliphatic heterocycles. The zero-order chi connectivity index (χ0) is 30.0. The van der Waals surface area contributed by atoms with Gasteiger partial charge < -0.3 is 34.4 Å². The molecule has 1 aliphatic carbocycles. The molecule has 3 N–H and O–H groups in total. The number of nitrogens with zero attached hydrogens (tertiary/aromatic N) is 3. The standard InChI is InChI=1S/C31H41N5O6/c1-19(2)15-23(33-30(40)36-13-14-41-31(18-36)11-7-8-12-31)27(37)32-24(28-34-26(29(38)39)20(3)42-28)16-21-17-35(4)25-10-6-5-9-22(21)25/h5-6,9-10,17,19,23-24H,7-8,11-16,18H2,1-4H3,(H,32,37)(H,33,40)(H,38,39)/t23?,24-/m1/s1. The van der Waals surface area contributed by atoms with E-state index in [1.54, 1.807) is 4.90 Å². The quantitative estimate of drug-likeness (QED) is 0.343. The van der Waals surface area contributed by atoms with Crippen molar-refractivity contribution >= 4 is 28.8 Å². The molecule has 0 bridgehead atoms. The number of urea groups is 1. The van der Waals surface area contributed by atoms with Crippen LogP contribution in [0.25, 0.3) is 10.9 Å². The van der Waals surface area contributed by atoms with Crippen LogP contribution < -0.4 is 10.6 Å². The van der Waals surface area contributed by atoms with Crippen molar-refractivity contribution in [2.45, 2.75) is 77.0 Å². The summed E-state index contributed by atoms with van der Waals surface area (Å²) in [5, 5.41) is 16.6. The average molecular weight is 580 g/mol. The Morgan fingerprint density at radius 3 is 2.57 bits per heavy atom. The van der Waals surface area contributed by atoms with Crippen molar-refractivity contribution in [2.75, 3.05) is 19.7 Å². The molecule has 11 nitrogen and oxygen atoms in total. The number of aromatic carboxylic acids is 1. The number of rotatable bonds is 9. The second-order valence-corrected chi connectivity index (χ2v) is 12.1. The van der Waals surface area contributed by atoms with Crippen LogP contribution in [0.15, 0.2) is 34.9 Å². The Morgan fingerprint density at radius 1 is 1.14 bits per heavy atom. The topological polar surface area (TPSA) is 139 Å². The fraction of sp³-hybridized carbons (Fsp3) is 0.548. The molecule has 2 aromatic heterocycles. The van der Waals surface area contributed by atoms with Gasteiger partial charge >= 0.3 is 12.0 Å². The minimum atomic E-state index is -1.20. The van der Waals surface area contributed by atoms with E-state index in [0.717, 1.165) is 42.1 Å². The molecule has 1 saturated heterocycles. The highest BCUT2D eigenvalue weighted by molar-refractivity contribution is 5.88. The Kier molecular flexibility index (Phi) is 8.58. The molecule has 42 heavy (non-hydrogen) atoms. The van der Waals surface area contributed by atoms with Crippen molar-refractivity contribution in [1.29, 1.82) is 0 Å². The minimum Gasteiger partial charge on any atom is -0.476 e. The van der Waals surface area contributed by atoms with Gasteiger partial charge in [-0.05, 0) is 43.7 Å². The number of morpholine rings is 1. The predicted octanol–water partition coefficient (Wildman–Crippen LogP) is 4.34. The summed E-state index contributed by atoms with van der Waals surface area (Å²) in [6.07, 6.45) is 6.81. The fourth-order valence-electron chi connectivity index (χ4n) is 6.33. The number of ether oxygens (including phenoxy) is 1. The highest BCUT2D eigenvalue weighted by Gasteiger charge is 2.41. The zero-order valence-electron chi connectivity index (χ0n) is 24.8. The van der Waals surface area contributed by atoms with Crippen molar-refractivity contribution < 1.29 is 28.6 Å². The van der Waals surface area contributed by atoms with Gasteiger partial charge in [-0.15, -0.1) is 0 Å². The number of nitrogens with one attached hydrogen (secondary N) is 2. The Balaban J connectivity index is 1.39. The maximum absolute atomic E-state index is 13.9. The number of carbonyl (C=O) groups is 3. The second-order valence-electron chi connectivity index (χ2n) is 12.1. The molecule has 3 aromatic rings. The van der Waals surface area contributed by atoms with E-state index in [2.05, 4.69) is 15.6 Å². The van der Waals surface area contributed by atoms with Gasteiger partial charge in [-0.2, -0.15) is 0 Å². The fourth-order valence-corrected chi connectivity index (χ4v) is 6.33. The van der Waals surface area contributed by atoms with E-state index >= 15 is 0 Å². The van der Waals surface area contributed by atoms with Gasteiger partial charge in [0.2, 0.25) is 11.8 Å². The van der Waals surface area contributed by atoms with Crippen molar-refractivity contribution in [3.05, 3.63) is 53.4 Å². The van der Waals surface area contributed by atoms with Crippen LogP contribution in [-0.4, -0.2) is 68.8 Å². The van der Waals surface area contributed by atoms with Crippen LogP contribution in [0.1, 0.15) is 79.7 Å². The van der Waals surface area contributed by atoms with Crippen LogP contribution in [0.2, 0.25) is 0 Å². The molecule has 3 amide bonds. The summed E-state index contributed by atoms with van der Waals surface area (Å²) in [7, 11) is 1.95. The molecular weight excluding hydrogens is 538 g/mol. The van der Waals surface area contributed by atoms with Gasteiger partial charge in [-0.1, -0.05) is 44.9 Å². The number of amides is 3. The molecule has 1 spiro atoms. The average Bonchev–Trinajstić information content (AvgIpc) is 3.65. The molecule has 2 fully saturated rings. The molecule has 1 aromatic carbocycles. The zero-order valence-corrected chi connectivity index (χ0v) is 24.8. The van der Waals surface area contributed by atoms with E-state index in [1.807, 2.05) is 55.9 Å². The highest BCUT2D eigenvalue weighted by atomic mass is 16.5. The van der Waals surface area contributed by atoms with E-state index in [-0.39, 0.29) is 40.8 Å². The summed E-state index contributed by atoms with van der Waals surface area (Å²) in [4.78, 5) is 45.0. The number of aryl methyl sites for hydroxylation is 2. The van der Waals surface area contributed by atoms with Crippen LogP contribution in [-0.2, 0) is 23.0 Å². The first-order valence-electron chi connectivity index (χ1n) is 14.8. The SMILES string of the molecule is Cc1oc([C@@H](Cc2cn(C)c3ccccc23)NC(=O)C(CC(C)C)NC(=O)N2CCOC3(CCCC3)C2)nc1C(=O)O. The number of hydrogen-bond donors (Lipinski definition) is 3. The largest absolute Gasteiger partial charge is 0.476 e. The van der Waals surface area contributed by atoms with E-state index in [9.17, 15) is 19.5 Å². The molecule has 5 rings (SSSR count). The van der Waals surface area contributed by atoms with Gasteiger partial charge in [-0.3, -0.25) is 4.79 Å². The molecule has 11 heteroatoms. The van der Waals surface area contributed by atoms with Crippen LogP contribution in [0.3, 0.4) is 0 Å². The molecule has 2 atom stereocenters. The third kappa shape index (κ3) is 6.30. The van der Waals surface area contributed by atoms with Gasteiger partial charge in [0.1, 0.15) is 17.8 Å². The minimum absolute atomic E-state index is 0.108. The lowest BCUT2D eigenvalue weighted by atomic mass is 9.99. The molecular formula is C31H41N5O6. The first-order valence-corrected chi connectivity index (χ1v) is 14.8. The normalized spacial score (nSPS) is 18.0. The first kappa shape index (κ1) is 29.6. The van der Waals surface area contributed by atoms with E-state index < -0.39 is 18.1 Å². The van der Waals surface area contributed by atoms with E-state index in [0.29, 0.717) is 32.5 Å². The van der Waals surface area contributed by atoms with Gasteiger partial charge in [-0.25, -0.2) is 14.6 Å². The number of carbonyl (C=O) groups excluding carboxylic acids is 2.